The number of nitrogen functional groups attached to an aromatic ring is 1. The Bertz CT molecular complexity index is 478. The lowest BCUT2D eigenvalue weighted by atomic mass is 10.1. The van der Waals surface area contributed by atoms with Crippen LogP contribution < -0.4 is 11.1 Å². The number of esters is 1. The molecule has 1 aromatic rings. The van der Waals surface area contributed by atoms with Gasteiger partial charge in [0.1, 0.15) is 0 Å². The molecule has 0 fully saturated rings. The molecular formula is C14H22ClN3O2. The van der Waals surface area contributed by atoms with E-state index < -0.39 is 5.97 Å². The second kappa shape index (κ2) is 7.36. The third kappa shape index (κ3) is 4.58. The highest BCUT2D eigenvalue weighted by Crippen LogP contribution is 2.30. The molecule has 20 heavy (non-hydrogen) atoms. The summed E-state index contributed by atoms with van der Waals surface area (Å²) in [5, 5.41) is 3.68. The molecule has 0 aliphatic heterocycles. The fraction of sp³-hybridized carbons (Fsp3) is 0.500. The van der Waals surface area contributed by atoms with Crippen LogP contribution in [0.2, 0.25) is 5.02 Å². The van der Waals surface area contributed by atoms with Gasteiger partial charge in [0.15, 0.2) is 0 Å². The molecule has 112 valence electrons. The number of hydrogen-bond donors (Lipinski definition) is 2. The van der Waals surface area contributed by atoms with E-state index in [4.69, 9.17) is 22.1 Å². The average Bonchev–Trinajstić information content (AvgIpc) is 2.38. The number of hydrogen-bond acceptors (Lipinski definition) is 5. The van der Waals surface area contributed by atoms with Gasteiger partial charge in [-0.3, -0.25) is 0 Å². The summed E-state index contributed by atoms with van der Waals surface area (Å²) in [5.74, 6) is -0.457. The van der Waals surface area contributed by atoms with Gasteiger partial charge in [0, 0.05) is 11.7 Å². The number of halogens is 1. The molecular weight excluding hydrogens is 278 g/mol. The van der Waals surface area contributed by atoms with E-state index in [1.165, 1.54) is 7.11 Å². The predicted molar refractivity (Wildman–Crippen MR) is 83.5 cm³/mol. The SMILES string of the molecule is COC(=O)c1cc(N)cc(Cl)c1NC(C)CCN(C)C. The van der Waals surface area contributed by atoms with E-state index in [0.29, 0.717) is 22.0 Å². The summed E-state index contributed by atoms with van der Waals surface area (Å²) in [5.41, 5.74) is 7.08. The van der Waals surface area contributed by atoms with Crippen LogP contribution in [-0.2, 0) is 4.74 Å². The molecule has 1 atom stereocenters. The number of methoxy groups -OCH3 is 1. The van der Waals surface area contributed by atoms with Crippen LogP contribution in [0.4, 0.5) is 11.4 Å². The van der Waals surface area contributed by atoms with Crippen molar-refractivity contribution in [1.82, 2.24) is 4.90 Å². The monoisotopic (exact) mass is 299 g/mol. The zero-order valence-electron chi connectivity index (χ0n) is 12.4. The normalized spacial score (nSPS) is 12.3. The fourth-order valence-corrected chi connectivity index (χ4v) is 2.10. The molecule has 0 aliphatic carbocycles. The van der Waals surface area contributed by atoms with Crippen LogP contribution in [0.1, 0.15) is 23.7 Å². The molecule has 0 bridgehead atoms. The smallest absolute Gasteiger partial charge is 0.340 e. The van der Waals surface area contributed by atoms with Crippen molar-refractivity contribution in [3.8, 4) is 0 Å². The number of carbonyl (C=O) groups is 1. The van der Waals surface area contributed by atoms with Crippen LogP contribution in [0, 0.1) is 0 Å². The van der Waals surface area contributed by atoms with Gasteiger partial charge in [-0.15, -0.1) is 0 Å². The molecule has 0 aromatic heterocycles. The fourth-order valence-electron chi connectivity index (χ4n) is 1.82. The largest absolute Gasteiger partial charge is 0.465 e. The van der Waals surface area contributed by atoms with Crippen LogP contribution in [-0.4, -0.2) is 44.7 Å². The first-order chi connectivity index (χ1) is 9.35. The summed E-state index contributed by atoms with van der Waals surface area (Å²) in [4.78, 5) is 13.9. The Labute approximate surface area is 125 Å². The van der Waals surface area contributed by atoms with E-state index >= 15 is 0 Å². The maximum Gasteiger partial charge on any atom is 0.340 e. The van der Waals surface area contributed by atoms with Crippen LogP contribution in [0.5, 0.6) is 0 Å². The Kier molecular flexibility index (Phi) is 6.10. The predicted octanol–water partition coefficient (Wildman–Crippen LogP) is 2.46. The highest BCUT2D eigenvalue weighted by Gasteiger charge is 2.17. The number of nitrogens with one attached hydrogen (secondary N) is 1. The van der Waals surface area contributed by atoms with Crippen molar-refractivity contribution >= 4 is 28.9 Å². The number of nitrogens with zero attached hydrogens (tertiary/aromatic N) is 1. The zero-order chi connectivity index (χ0) is 15.3. The minimum absolute atomic E-state index is 0.168. The van der Waals surface area contributed by atoms with Crippen molar-refractivity contribution in [3.63, 3.8) is 0 Å². The summed E-state index contributed by atoms with van der Waals surface area (Å²) in [6.07, 6.45) is 0.925. The number of nitrogens with two attached hydrogens (primary N) is 1. The van der Waals surface area contributed by atoms with Crippen molar-refractivity contribution in [2.75, 3.05) is 38.8 Å². The zero-order valence-corrected chi connectivity index (χ0v) is 13.1. The van der Waals surface area contributed by atoms with Crippen molar-refractivity contribution in [2.24, 2.45) is 0 Å². The highest BCUT2D eigenvalue weighted by atomic mass is 35.5. The molecule has 1 rings (SSSR count). The van der Waals surface area contributed by atoms with Gasteiger partial charge in [0.25, 0.3) is 0 Å². The van der Waals surface area contributed by atoms with E-state index in [1.807, 2.05) is 21.0 Å². The molecule has 0 spiro atoms. The van der Waals surface area contributed by atoms with Crippen molar-refractivity contribution in [1.29, 1.82) is 0 Å². The lowest BCUT2D eigenvalue weighted by Gasteiger charge is -2.20. The van der Waals surface area contributed by atoms with Gasteiger partial charge in [0.05, 0.1) is 23.4 Å². The highest BCUT2D eigenvalue weighted by molar-refractivity contribution is 6.34. The second-order valence-corrected chi connectivity index (χ2v) is 5.46. The van der Waals surface area contributed by atoms with Gasteiger partial charge in [-0.2, -0.15) is 0 Å². The Hall–Kier alpha value is -1.46. The molecule has 6 heteroatoms. The first-order valence-electron chi connectivity index (χ1n) is 6.43. The van der Waals surface area contributed by atoms with Gasteiger partial charge in [-0.05, 0) is 46.1 Å². The molecule has 0 saturated carbocycles. The van der Waals surface area contributed by atoms with Crippen molar-refractivity contribution < 1.29 is 9.53 Å². The molecule has 0 aliphatic rings. The minimum Gasteiger partial charge on any atom is -0.465 e. The van der Waals surface area contributed by atoms with E-state index in [1.54, 1.807) is 12.1 Å². The maximum absolute atomic E-state index is 11.8. The van der Waals surface area contributed by atoms with E-state index in [9.17, 15) is 4.79 Å². The van der Waals surface area contributed by atoms with Gasteiger partial charge in [-0.1, -0.05) is 11.6 Å². The third-order valence-corrected chi connectivity index (χ3v) is 3.22. The molecule has 0 saturated heterocycles. The van der Waals surface area contributed by atoms with Gasteiger partial charge >= 0.3 is 5.97 Å². The topological polar surface area (TPSA) is 67.6 Å². The molecule has 3 N–H and O–H groups in total. The number of rotatable bonds is 6. The van der Waals surface area contributed by atoms with E-state index in [2.05, 4.69) is 10.2 Å². The lowest BCUT2D eigenvalue weighted by molar-refractivity contribution is 0.0602. The van der Waals surface area contributed by atoms with Crippen molar-refractivity contribution in [3.05, 3.63) is 22.7 Å². The lowest BCUT2D eigenvalue weighted by Crippen LogP contribution is -2.24. The molecule has 1 aromatic carbocycles. The standard InChI is InChI=1S/C14H22ClN3O2/c1-9(5-6-18(2)3)17-13-11(14(19)20-4)7-10(16)8-12(13)15/h7-9,17H,5-6,16H2,1-4H3. The van der Waals surface area contributed by atoms with Crippen LogP contribution in [0.15, 0.2) is 12.1 Å². The maximum atomic E-state index is 11.8. The molecule has 0 amide bonds. The van der Waals surface area contributed by atoms with Crippen LogP contribution >= 0.6 is 11.6 Å². The van der Waals surface area contributed by atoms with E-state index in [0.717, 1.165) is 13.0 Å². The second-order valence-electron chi connectivity index (χ2n) is 5.05. The van der Waals surface area contributed by atoms with Gasteiger partial charge in [0.2, 0.25) is 0 Å². The summed E-state index contributed by atoms with van der Waals surface area (Å²) in [7, 11) is 5.37. The summed E-state index contributed by atoms with van der Waals surface area (Å²) >= 11 is 6.18. The summed E-state index contributed by atoms with van der Waals surface area (Å²) in [6, 6.07) is 3.36. The Morgan fingerprint density at radius 3 is 2.70 bits per heavy atom. The Balaban J connectivity index is 2.95. The van der Waals surface area contributed by atoms with E-state index in [-0.39, 0.29) is 6.04 Å². The van der Waals surface area contributed by atoms with Gasteiger partial charge < -0.3 is 20.7 Å². The average molecular weight is 300 g/mol. The number of carbonyl (C=O) groups excluding carboxylic acids is 1. The van der Waals surface area contributed by atoms with Crippen molar-refractivity contribution in [2.45, 2.75) is 19.4 Å². The van der Waals surface area contributed by atoms with Crippen LogP contribution in [0.3, 0.4) is 0 Å². The third-order valence-electron chi connectivity index (χ3n) is 2.92. The first kappa shape index (κ1) is 16.6. The summed E-state index contributed by atoms with van der Waals surface area (Å²) in [6.45, 7) is 2.98. The number of ether oxygens (including phenoxy) is 1. The Morgan fingerprint density at radius 1 is 1.50 bits per heavy atom. The summed E-state index contributed by atoms with van der Waals surface area (Å²) < 4.78 is 4.77. The Morgan fingerprint density at radius 2 is 2.15 bits per heavy atom. The first-order valence-corrected chi connectivity index (χ1v) is 6.81. The molecule has 5 nitrogen and oxygen atoms in total. The quantitative estimate of drug-likeness (QED) is 0.624. The molecule has 0 radical (unpaired) electrons. The molecule has 1 unspecified atom stereocenters. The molecule has 0 heterocycles. The van der Waals surface area contributed by atoms with Gasteiger partial charge in [-0.25, -0.2) is 4.79 Å². The van der Waals surface area contributed by atoms with Crippen LogP contribution in [0.25, 0.3) is 0 Å². The minimum atomic E-state index is -0.457. The number of benzene rings is 1. The number of anilines is 2.